The third kappa shape index (κ3) is 4.55. The smallest absolute Gasteiger partial charge is 0.338 e. The second kappa shape index (κ2) is 8.48. The molecule has 0 radical (unpaired) electrons. The van der Waals surface area contributed by atoms with Crippen molar-refractivity contribution < 1.29 is 14.3 Å². The molecule has 0 aliphatic rings. The minimum atomic E-state index is -0.447. The predicted molar refractivity (Wildman–Crippen MR) is 107 cm³/mol. The number of carbonyl (C=O) groups is 1. The number of nitrogens with one attached hydrogen (secondary N) is 1. The summed E-state index contributed by atoms with van der Waals surface area (Å²) in [5.74, 6) is 0.337. The number of nitrogens with zero attached hydrogens (tertiary/aromatic N) is 5. The molecule has 0 aliphatic carbocycles. The van der Waals surface area contributed by atoms with E-state index in [9.17, 15) is 4.79 Å². The van der Waals surface area contributed by atoms with Gasteiger partial charge in [0.05, 0.1) is 24.1 Å². The molecule has 146 valence electrons. The number of esters is 1. The first-order valence-corrected chi connectivity index (χ1v) is 9.45. The first kappa shape index (κ1) is 18.6. The van der Waals surface area contributed by atoms with Crippen LogP contribution in [0, 0.1) is 0 Å². The SMILES string of the molecule is COc1ccc(Nc2nc(COC(=O)c3cccc(-n4cnnn4)c3)cs2)cc1. The quantitative estimate of drug-likeness (QED) is 0.465. The van der Waals surface area contributed by atoms with E-state index in [1.807, 2.05) is 29.6 Å². The molecule has 9 nitrogen and oxygen atoms in total. The van der Waals surface area contributed by atoms with Crippen LogP contribution in [0.25, 0.3) is 5.69 Å². The molecule has 2 heterocycles. The van der Waals surface area contributed by atoms with E-state index in [1.54, 1.807) is 31.4 Å². The summed E-state index contributed by atoms with van der Waals surface area (Å²) in [4.78, 5) is 16.8. The lowest BCUT2D eigenvalue weighted by atomic mass is 10.2. The fourth-order valence-corrected chi connectivity index (χ4v) is 3.22. The van der Waals surface area contributed by atoms with Crippen LogP contribution < -0.4 is 10.1 Å². The number of methoxy groups -OCH3 is 1. The van der Waals surface area contributed by atoms with Gasteiger partial charge in [-0.25, -0.2) is 14.5 Å². The highest BCUT2D eigenvalue weighted by Gasteiger charge is 2.11. The van der Waals surface area contributed by atoms with Crippen molar-refractivity contribution >= 4 is 28.1 Å². The molecule has 0 bridgehead atoms. The van der Waals surface area contributed by atoms with E-state index in [0.717, 1.165) is 11.4 Å². The van der Waals surface area contributed by atoms with Crippen molar-refractivity contribution in [2.75, 3.05) is 12.4 Å². The summed E-state index contributed by atoms with van der Waals surface area (Å²) in [7, 11) is 1.62. The number of carbonyl (C=O) groups excluding carboxylic acids is 1. The number of aromatic nitrogens is 5. The lowest BCUT2D eigenvalue weighted by molar-refractivity contribution is 0.0468. The molecule has 10 heteroatoms. The van der Waals surface area contributed by atoms with Gasteiger partial charge in [-0.2, -0.15) is 0 Å². The van der Waals surface area contributed by atoms with Crippen LogP contribution in [-0.4, -0.2) is 38.3 Å². The first-order chi connectivity index (χ1) is 14.2. The number of hydrogen-bond donors (Lipinski definition) is 1. The maximum atomic E-state index is 12.4. The highest BCUT2D eigenvalue weighted by Crippen LogP contribution is 2.23. The largest absolute Gasteiger partial charge is 0.497 e. The summed E-state index contributed by atoms with van der Waals surface area (Å²) < 4.78 is 12.0. The van der Waals surface area contributed by atoms with Gasteiger partial charge in [0, 0.05) is 11.1 Å². The summed E-state index contributed by atoms with van der Waals surface area (Å²) in [6, 6.07) is 14.4. The number of anilines is 2. The van der Waals surface area contributed by atoms with Crippen LogP contribution in [-0.2, 0) is 11.3 Å². The highest BCUT2D eigenvalue weighted by molar-refractivity contribution is 7.13. The highest BCUT2D eigenvalue weighted by atomic mass is 32.1. The van der Waals surface area contributed by atoms with E-state index in [0.29, 0.717) is 22.1 Å². The Hall–Kier alpha value is -3.79. The van der Waals surface area contributed by atoms with Crippen LogP contribution in [0.5, 0.6) is 5.75 Å². The van der Waals surface area contributed by atoms with Crippen molar-refractivity contribution in [3.63, 3.8) is 0 Å². The standard InChI is InChI=1S/C19H16N6O3S/c1-27-17-7-5-14(6-8-17)21-19-22-15(11-29-19)10-28-18(26)13-3-2-4-16(9-13)25-12-20-23-24-25/h2-9,11-12H,10H2,1H3,(H,21,22). The summed E-state index contributed by atoms with van der Waals surface area (Å²) in [5.41, 5.74) is 2.63. The van der Waals surface area contributed by atoms with Crippen LogP contribution in [0.3, 0.4) is 0 Å². The first-order valence-electron chi connectivity index (χ1n) is 8.57. The van der Waals surface area contributed by atoms with Crippen LogP contribution in [0.1, 0.15) is 16.1 Å². The lowest BCUT2D eigenvalue weighted by Gasteiger charge is -2.05. The Morgan fingerprint density at radius 3 is 2.83 bits per heavy atom. The lowest BCUT2D eigenvalue weighted by Crippen LogP contribution is -2.07. The van der Waals surface area contributed by atoms with Crippen molar-refractivity contribution in [1.82, 2.24) is 25.2 Å². The van der Waals surface area contributed by atoms with Gasteiger partial charge in [0.15, 0.2) is 5.13 Å². The van der Waals surface area contributed by atoms with Crippen LogP contribution in [0.2, 0.25) is 0 Å². The Balaban J connectivity index is 1.36. The summed E-state index contributed by atoms with van der Waals surface area (Å²) in [6.45, 7) is 0.0781. The number of benzene rings is 2. The third-order valence-electron chi connectivity index (χ3n) is 3.94. The van der Waals surface area contributed by atoms with Crippen molar-refractivity contribution in [3.8, 4) is 11.4 Å². The van der Waals surface area contributed by atoms with E-state index in [4.69, 9.17) is 9.47 Å². The fraction of sp³-hybridized carbons (Fsp3) is 0.105. The monoisotopic (exact) mass is 408 g/mol. The van der Waals surface area contributed by atoms with E-state index in [1.165, 1.54) is 22.3 Å². The molecule has 2 aromatic heterocycles. The molecule has 29 heavy (non-hydrogen) atoms. The maximum Gasteiger partial charge on any atom is 0.338 e. The van der Waals surface area contributed by atoms with Crippen LogP contribution >= 0.6 is 11.3 Å². The fourth-order valence-electron chi connectivity index (χ4n) is 2.51. The Labute approximate surface area is 169 Å². The molecule has 1 N–H and O–H groups in total. The second-order valence-electron chi connectivity index (χ2n) is 5.88. The van der Waals surface area contributed by atoms with Gasteiger partial charge in [0.1, 0.15) is 18.7 Å². The zero-order valence-corrected chi connectivity index (χ0v) is 16.2. The third-order valence-corrected chi connectivity index (χ3v) is 4.75. The molecule has 0 unspecified atom stereocenters. The number of thiazole rings is 1. The van der Waals surface area contributed by atoms with Gasteiger partial charge in [-0.1, -0.05) is 6.07 Å². The molecule has 2 aromatic carbocycles. The molecular formula is C19H16N6O3S. The van der Waals surface area contributed by atoms with Gasteiger partial charge in [0.2, 0.25) is 0 Å². The Kier molecular flexibility index (Phi) is 5.43. The normalized spacial score (nSPS) is 10.5. The minimum absolute atomic E-state index is 0.0781. The number of rotatable bonds is 7. The van der Waals surface area contributed by atoms with Gasteiger partial charge in [-0.05, 0) is 52.9 Å². The van der Waals surface area contributed by atoms with Crippen molar-refractivity contribution in [1.29, 1.82) is 0 Å². The van der Waals surface area contributed by atoms with Gasteiger partial charge in [0.25, 0.3) is 0 Å². The average Bonchev–Trinajstić information content (AvgIpc) is 3.45. The summed E-state index contributed by atoms with van der Waals surface area (Å²) in [5, 5.41) is 16.7. The molecule has 4 aromatic rings. The van der Waals surface area contributed by atoms with Crippen molar-refractivity contribution in [2.45, 2.75) is 6.61 Å². The minimum Gasteiger partial charge on any atom is -0.497 e. The summed E-state index contributed by atoms with van der Waals surface area (Å²) >= 11 is 1.43. The van der Waals surface area contributed by atoms with E-state index in [-0.39, 0.29) is 6.61 Å². The van der Waals surface area contributed by atoms with Gasteiger partial charge < -0.3 is 14.8 Å². The molecule has 0 spiro atoms. The number of hydrogen-bond acceptors (Lipinski definition) is 9. The van der Waals surface area contributed by atoms with Crippen LogP contribution in [0.4, 0.5) is 10.8 Å². The van der Waals surface area contributed by atoms with Gasteiger partial charge >= 0.3 is 5.97 Å². The van der Waals surface area contributed by atoms with E-state index in [2.05, 4.69) is 25.8 Å². The van der Waals surface area contributed by atoms with Crippen molar-refractivity contribution in [3.05, 3.63) is 71.5 Å². The molecule has 0 atom stereocenters. The average molecular weight is 408 g/mol. The molecular weight excluding hydrogens is 392 g/mol. The maximum absolute atomic E-state index is 12.4. The Morgan fingerprint density at radius 1 is 1.21 bits per heavy atom. The molecule has 4 rings (SSSR count). The Morgan fingerprint density at radius 2 is 2.07 bits per heavy atom. The summed E-state index contributed by atoms with van der Waals surface area (Å²) in [6.07, 6.45) is 1.46. The number of tetrazole rings is 1. The molecule has 0 saturated heterocycles. The zero-order chi connectivity index (χ0) is 20.1. The van der Waals surface area contributed by atoms with E-state index < -0.39 is 5.97 Å². The molecule has 0 fully saturated rings. The zero-order valence-electron chi connectivity index (χ0n) is 15.3. The van der Waals surface area contributed by atoms with Crippen molar-refractivity contribution in [2.24, 2.45) is 0 Å². The molecule has 0 saturated carbocycles. The number of ether oxygens (including phenoxy) is 2. The molecule has 0 aliphatic heterocycles. The second-order valence-corrected chi connectivity index (χ2v) is 6.74. The predicted octanol–water partition coefficient (Wildman–Crippen LogP) is 3.23. The van der Waals surface area contributed by atoms with Gasteiger partial charge in [-0.15, -0.1) is 16.4 Å². The topological polar surface area (TPSA) is 104 Å². The van der Waals surface area contributed by atoms with E-state index >= 15 is 0 Å². The van der Waals surface area contributed by atoms with Gasteiger partial charge in [-0.3, -0.25) is 0 Å². The Bertz CT molecular complexity index is 1100. The molecule has 0 amide bonds. The van der Waals surface area contributed by atoms with Crippen LogP contribution in [0.15, 0.2) is 60.2 Å².